The predicted octanol–water partition coefficient (Wildman–Crippen LogP) is 1.92. The summed E-state index contributed by atoms with van der Waals surface area (Å²) in [6.07, 6.45) is 0.112. The summed E-state index contributed by atoms with van der Waals surface area (Å²) < 4.78 is 4.72. The largest absolute Gasteiger partial charge is 0.469 e. The molecule has 0 spiro atoms. The molecule has 0 aliphatic carbocycles. The van der Waals surface area contributed by atoms with E-state index < -0.39 is 0 Å². The minimum absolute atomic E-state index is 0.0613. The third-order valence-electron chi connectivity index (χ3n) is 3.45. The summed E-state index contributed by atoms with van der Waals surface area (Å²) in [5.41, 5.74) is 2.16. The quantitative estimate of drug-likeness (QED) is 0.788. The molecule has 0 saturated carbocycles. The fourth-order valence-electron chi connectivity index (χ4n) is 2.12. The van der Waals surface area contributed by atoms with Crippen LogP contribution in [0.2, 0.25) is 0 Å². The van der Waals surface area contributed by atoms with Crippen LogP contribution in [0.5, 0.6) is 0 Å². The summed E-state index contributed by atoms with van der Waals surface area (Å²) in [4.78, 5) is 23.4. The normalized spacial score (nSPS) is 12.6. The Balaban J connectivity index is 2.94. The van der Waals surface area contributed by atoms with Gasteiger partial charge in [-0.3, -0.25) is 9.59 Å². The fraction of sp³-hybridized carbons (Fsp3) is 0.529. The van der Waals surface area contributed by atoms with E-state index in [1.165, 1.54) is 12.7 Å². The molecule has 122 valence electrons. The highest BCUT2D eigenvalue weighted by atomic mass is 16.5. The van der Waals surface area contributed by atoms with Crippen molar-refractivity contribution >= 4 is 11.9 Å². The molecule has 0 aliphatic heterocycles. The van der Waals surface area contributed by atoms with Gasteiger partial charge in [0.2, 0.25) is 5.91 Å². The lowest BCUT2D eigenvalue weighted by molar-refractivity contribution is -0.141. The van der Waals surface area contributed by atoms with E-state index in [-0.39, 0.29) is 36.3 Å². The van der Waals surface area contributed by atoms with E-state index in [2.05, 4.69) is 31.4 Å². The van der Waals surface area contributed by atoms with Gasteiger partial charge in [-0.05, 0) is 23.6 Å². The predicted molar refractivity (Wildman–Crippen MR) is 86.6 cm³/mol. The maximum atomic E-state index is 11.8. The van der Waals surface area contributed by atoms with E-state index in [0.717, 1.165) is 5.56 Å². The number of carbonyl (C=O) groups excluding carboxylic acids is 2. The molecule has 0 saturated heterocycles. The van der Waals surface area contributed by atoms with Crippen molar-refractivity contribution in [3.63, 3.8) is 0 Å². The molecule has 0 bridgehead atoms. The monoisotopic (exact) mass is 306 g/mol. The highest BCUT2D eigenvalue weighted by Crippen LogP contribution is 2.25. The van der Waals surface area contributed by atoms with Crippen LogP contribution >= 0.6 is 0 Å². The Bertz CT molecular complexity index is 504. The lowest BCUT2D eigenvalue weighted by Gasteiger charge is -2.22. The van der Waals surface area contributed by atoms with Gasteiger partial charge < -0.3 is 15.4 Å². The molecule has 1 aromatic rings. The standard InChI is InChI=1S/C17H26N2O3/c1-17(2,3)13-8-6-12(7-9-13)14(10-16(21)22-5)19-15(20)11-18-4/h6-9,14,18H,10-11H2,1-5H3,(H,19,20). The number of ether oxygens (including phenoxy) is 1. The Hall–Kier alpha value is -1.88. The number of rotatable bonds is 6. The van der Waals surface area contributed by atoms with Crippen LogP contribution in [-0.2, 0) is 19.7 Å². The lowest BCUT2D eigenvalue weighted by atomic mass is 9.86. The van der Waals surface area contributed by atoms with Crippen LogP contribution in [0, 0.1) is 0 Å². The first-order chi connectivity index (χ1) is 10.3. The van der Waals surface area contributed by atoms with Gasteiger partial charge in [0.05, 0.1) is 26.1 Å². The Morgan fingerprint density at radius 1 is 1.18 bits per heavy atom. The number of methoxy groups -OCH3 is 1. The smallest absolute Gasteiger partial charge is 0.307 e. The molecule has 0 radical (unpaired) electrons. The minimum atomic E-state index is -0.387. The van der Waals surface area contributed by atoms with Crippen LogP contribution in [0.25, 0.3) is 0 Å². The van der Waals surface area contributed by atoms with Crippen molar-refractivity contribution in [3.8, 4) is 0 Å². The molecule has 1 amide bonds. The van der Waals surface area contributed by atoms with Crippen LogP contribution in [0.15, 0.2) is 24.3 Å². The van der Waals surface area contributed by atoms with Crippen molar-refractivity contribution < 1.29 is 14.3 Å². The number of amides is 1. The highest BCUT2D eigenvalue weighted by Gasteiger charge is 2.20. The maximum Gasteiger partial charge on any atom is 0.307 e. The second kappa shape index (κ2) is 7.94. The highest BCUT2D eigenvalue weighted by molar-refractivity contribution is 5.79. The molecule has 1 rings (SSSR count). The molecule has 0 fully saturated rings. The van der Waals surface area contributed by atoms with E-state index in [1.54, 1.807) is 7.05 Å². The number of likely N-dealkylation sites (N-methyl/N-ethyl adjacent to an activating group) is 1. The summed E-state index contributed by atoms with van der Waals surface area (Å²) in [5.74, 6) is -0.508. The lowest BCUT2D eigenvalue weighted by Crippen LogP contribution is -2.36. The van der Waals surface area contributed by atoms with Crippen LogP contribution < -0.4 is 10.6 Å². The van der Waals surface area contributed by atoms with Gasteiger partial charge >= 0.3 is 5.97 Å². The molecule has 5 nitrogen and oxygen atoms in total. The first-order valence-corrected chi connectivity index (χ1v) is 7.39. The molecular formula is C17H26N2O3. The number of carbonyl (C=O) groups is 2. The number of esters is 1. The molecule has 5 heteroatoms. The van der Waals surface area contributed by atoms with Crippen molar-refractivity contribution in [1.82, 2.24) is 10.6 Å². The molecule has 1 atom stereocenters. The van der Waals surface area contributed by atoms with Gasteiger partial charge in [-0.15, -0.1) is 0 Å². The van der Waals surface area contributed by atoms with Gasteiger partial charge in [-0.1, -0.05) is 45.0 Å². The summed E-state index contributed by atoms with van der Waals surface area (Å²) in [6, 6.07) is 7.58. The molecule has 0 aromatic heterocycles. The van der Waals surface area contributed by atoms with E-state index in [1.807, 2.05) is 24.3 Å². The Morgan fingerprint density at radius 3 is 2.23 bits per heavy atom. The van der Waals surface area contributed by atoms with Gasteiger partial charge in [0.25, 0.3) is 0 Å². The zero-order chi connectivity index (χ0) is 16.8. The number of benzene rings is 1. The summed E-state index contributed by atoms with van der Waals surface area (Å²) in [5, 5.41) is 5.65. The zero-order valence-electron chi connectivity index (χ0n) is 14.0. The van der Waals surface area contributed by atoms with Gasteiger partial charge in [-0.2, -0.15) is 0 Å². The molecule has 22 heavy (non-hydrogen) atoms. The maximum absolute atomic E-state index is 11.8. The molecule has 0 heterocycles. The number of hydrogen-bond donors (Lipinski definition) is 2. The van der Waals surface area contributed by atoms with Crippen LogP contribution in [0.4, 0.5) is 0 Å². The van der Waals surface area contributed by atoms with Crippen molar-refractivity contribution in [2.75, 3.05) is 20.7 Å². The third-order valence-corrected chi connectivity index (χ3v) is 3.45. The van der Waals surface area contributed by atoms with Crippen LogP contribution in [-0.4, -0.2) is 32.6 Å². The molecule has 2 N–H and O–H groups in total. The van der Waals surface area contributed by atoms with Crippen LogP contribution in [0.1, 0.15) is 44.4 Å². The van der Waals surface area contributed by atoms with Gasteiger partial charge in [0, 0.05) is 0 Å². The second-order valence-electron chi connectivity index (χ2n) is 6.30. The number of nitrogens with one attached hydrogen (secondary N) is 2. The molecule has 0 aliphatic rings. The van der Waals surface area contributed by atoms with Crippen molar-refractivity contribution in [3.05, 3.63) is 35.4 Å². The van der Waals surface area contributed by atoms with Crippen LogP contribution in [0.3, 0.4) is 0 Å². The van der Waals surface area contributed by atoms with Crippen molar-refractivity contribution in [2.45, 2.75) is 38.6 Å². The molecular weight excluding hydrogens is 280 g/mol. The Labute approximate surface area is 132 Å². The van der Waals surface area contributed by atoms with E-state index in [0.29, 0.717) is 0 Å². The van der Waals surface area contributed by atoms with Gasteiger partial charge in [-0.25, -0.2) is 0 Å². The molecule has 1 aromatic carbocycles. The van der Waals surface area contributed by atoms with E-state index in [9.17, 15) is 9.59 Å². The first-order valence-electron chi connectivity index (χ1n) is 7.39. The van der Waals surface area contributed by atoms with Gasteiger partial charge in [0.15, 0.2) is 0 Å². The molecule has 1 unspecified atom stereocenters. The zero-order valence-corrected chi connectivity index (χ0v) is 14.0. The fourth-order valence-corrected chi connectivity index (χ4v) is 2.12. The Kier molecular flexibility index (Phi) is 6.56. The minimum Gasteiger partial charge on any atom is -0.469 e. The topological polar surface area (TPSA) is 67.4 Å². The average Bonchev–Trinajstić information content (AvgIpc) is 2.46. The summed E-state index contributed by atoms with van der Waals surface area (Å²) in [7, 11) is 3.05. The third kappa shape index (κ3) is 5.48. The Morgan fingerprint density at radius 2 is 1.77 bits per heavy atom. The van der Waals surface area contributed by atoms with Crippen molar-refractivity contribution in [1.29, 1.82) is 0 Å². The van der Waals surface area contributed by atoms with Crippen molar-refractivity contribution in [2.24, 2.45) is 0 Å². The number of hydrogen-bond acceptors (Lipinski definition) is 4. The summed E-state index contributed by atoms with van der Waals surface area (Å²) in [6.45, 7) is 6.63. The van der Waals surface area contributed by atoms with E-state index >= 15 is 0 Å². The van der Waals surface area contributed by atoms with E-state index in [4.69, 9.17) is 4.74 Å². The average molecular weight is 306 g/mol. The first kappa shape index (κ1) is 18.2. The van der Waals surface area contributed by atoms with Gasteiger partial charge in [0.1, 0.15) is 0 Å². The second-order valence-corrected chi connectivity index (χ2v) is 6.30. The SMILES string of the molecule is CNCC(=O)NC(CC(=O)OC)c1ccc(C(C)(C)C)cc1. The summed E-state index contributed by atoms with van der Waals surface area (Å²) >= 11 is 0.